The fraction of sp³-hybridized carbons (Fsp3) is 0.667. The van der Waals surface area contributed by atoms with Gasteiger partial charge >= 0.3 is 0 Å². The first-order valence-electron chi connectivity index (χ1n) is 9.72. The molecule has 0 bridgehead atoms. The summed E-state index contributed by atoms with van der Waals surface area (Å²) in [5, 5.41) is 5.50. The second-order valence-electron chi connectivity index (χ2n) is 7.48. The molecule has 2 aliphatic rings. The number of amides is 1. The average Bonchev–Trinajstić information content (AvgIpc) is 3.11. The minimum absolute atomic E-state index is 0.135. The molecule has 146 valence electrons. The fourth-order valence-corrected chi connectivity index (χ4v) is 4.82. The van der Waals surface area contributed by atoms with Crippen LogP contribution in [0.4, 0.5) is 5.13 Å². The van der Waals surface area contributed by atoms with E-state index in [1.165, 1.54) is 23.8 Å². The van der Waals surface area contributed by atoms with Crippen molar-refractivity contribution >= 4 is 27.3 Å². The van der Waals surface area contributed by atoms with E-state index in [4.69, 9.17) is 0 Å². The van der Waals surface area contributed by atoms with Gasteiger partial charge in [0.15, 0.2) is 0 Å². The van der Waals surface area contributed by atoms with Crippen LogP contribution in [0.1, 0.15) is 37.2 Å². The third-order valence-corrected chi connectivity index (χ3v) is 6.47. The minimum atomic E-state index is -0.382. The van der Waals surface area contributed by atoms with Crippen LogP contribution in [0.2, 0.25) is 0 Å². The monoisotopic (exact) mass is 390 g/mol. The van der Waals surface area contributed by atoms with E-state index in [1.54, 1.807) is 4.52 Å². The van der Waals surface area contributed by atoms with E-state index in [0.717, 1.165) is 44.3 Å². The zero-order chi connectivity index (χ0) is 19.0. The molecule has 27 heavy (non-hydrogen) atoms. The quantitative estimate of drug-likeness (QED) is 0.783. The second kappa shape index (κ2) is 7.55. The van der Waals surface area contributed by atoms with Crippen LogP contribution in [0.15, 0.2) is 10.9 Å². The van der Waals surface area contributed by atoms with Crippen molar-refractivity contribution in [1.29, 1.82) is 0 Å². The molecule has 0 aromatic carbocycles. The molecule has 4 rings (SSSR count). The average molecular weight is 391 g/mol. The Labute approximate surface area is 162 Å². The van der Waals surface area contributed by atoms with Crippen LogP contribution in [-0.4, -0.2) is 76.1 Å². The standard InChI is InChI=1S/C18H26N6O2S/c1-3-21-7-9-22(10-8-21)16(26)14-11-15(25)19-17-24(14)20-18(27-17)23-6-4-5-13(2)12-23/h11,13H,3-10,12H2,1-2H3/t13-/m0/s1. The number of likely N-dealkylation sites (N-methyl/N-ethyl adjacent to an activating group) is 1. The van der Waals surface area contributed by atoms with Crippen molar-refractivity contribution in [1.82, 2.24) is 24.4 Å². The van der Waals surface area contributed by atoms with Crippen molar-refractivity contribution in [3.63, 3.8) is 0 Å². The Balaban J connectivity index is 1.64. The second-order valence-corrected chi connectivity index (χ2v) is 8.41. The Morgan fingerprint density at radius 2 is 2.04 bits per heavy atom. The first kappa shape index (κ1) is 18.4. The summed E-state index contributed by atoms with van der Waals surface area (Å²) in [6.07, 6.45) is 2.36. The van der Waals surface area contributed by atoms with Gasteiger partial charge in [0.1, 0.15) is 5.69 Å². The first-order valence-corrected chi connectivity index (χ1v) is 10.5. The first-order chi connectivity index (χ1) is 13.0. The molecular formula is C18H26N6O2S. The van der Waals surface area contributed by atoms with Crippen LogP contribution >= 0.6 is 11.3 Å². The van der Waals surface area contributed by atoms with E-state index in [0.29, 0.717) is 29.7 Å². The number of piperazine rings is 1. The van der Waals surface area contributed by atoms with Crippen molar-refractivity contribution < 1.29 is 4.79 Å². The van der Waals surface area contributed by atoms with E-state index in [1.807, 2.05) is 4.90 Å². The van der Waals surface area contributed by atoms with Gasteiger partial charge < -0.3 is 14.7 Å². The van der Waals surface area contributed by atoms with Gasteiger partial charge in [-0.25, -0.2) is 0 Å². The van der Waals surface area contributed by atoms with Crippen molar-refractivity contribution in [3.05, 3.63) is 22.1 Å². The lowest BCUT2D eigenvalue weighted by atomic mass is 10.0. The number of fused-ring (bicyclic) bond motifs is 1. The third kappa shape index (κ3) is 3.70. The molecule has 0 unspecified atom stereocenters. The molecule has 2 saturated heterocycles. The fourth-order valence-electron chi connectivity index (χ4n) is 3.88. The van der Waals surface area contributed by atoms with Gasteiger partial charge in [0.05, 0.1) is 0 Å². The van der Waals surface area contributed by atoms with Crippen LogP contribution in [0.25, 0.3) is 4.96 Å². The van der Waals surface area contributed by atoms with Gasteiger partial charge in [-0.05, 0) is 25.3 Å². The van der Waals surface area contributed by atoms with Gasteiger partial charge in [0, 0.05) is 45.3 Å². The topological polar surface area (TPSA) is 74.1 Å². The maximum Gasteiger partial charge on any atom is 0.274 e. The van der Waals surface area contributed by atoms with Gasteiger partial charge in [-0.2, -0.15) is 9.50 Å². The van der Waals surface area contributed by atoms with E-state index < -0.39 is 0 Å². The molecular weight excluding hydrogens is 364 g/mol. The molecule has 4 heterocycles. The molecule has 0 aliphatic carbocycles. The molecule has 0 spiro atoms. The molecule has 0 N–H and O–H groups in total. The van der Waals surface area contributed by atoms with Crippen LogP contribution in [-0.2, 0) is 0 Å². The highest BCUT2D eigenvalue weighted by Gasteiger charge is 2.26. The Bertz CT molecular complexity index is 886. The van der Waals surface area contributed by atoms with Gasteiger partial charge in [-0.15, -0.1) is 5.10 Å². The number of rotatable bonds is 3. The molecule has 2 fully saturated rings. The van der Waals surface area contributed by atoms with Crippen LogP contribution in [0.3, 0.4) is 0 Å². The summed E-state index contributed by atoms with van der Waals surface area (Å²) in [5.74, 6) is 0.485. The van der Waals surface area contributed by atoms with Crippen molar-refractivity contribution in [2.45, 2.75) is 26.7 Å². The molecule has 1 amide bonds. The predicted molar refractivity (Wildman–Crippen MR) is 106 cm³/mol. The number of carbonyl (C=O) groups is 1. The van der Waals surface area contributed by atoms with E-state index in [-0.39, 0.29) is 11.5 Å². The zero-order valence-corrected chi connectivity index (χ0v) is 16.7. The molecule has 1 atom stereocenters. The number of aromatic nitrogens is 3. The Morgan fingerprint density at radius 1 is 1.26 bits per heavy atom. The van der Waals surface area contributed by atoms with Gasteiger partial charge in [0.2, 0.25) is 10.1 Å². The highest BCUT2D eigenvalue weighted by molar-refractivity contribution is 7.20. The van der Waals surface area contributed by atoms with Crippen LogP contribution in [0.5, 0.6) is 0 Å². The minimum Gasteiger partial charge on any atom is -0.346 e. The largest absolute Gasteiger partial charge is 0.346 e. The molecule has 9 heteroatoms. The number of nitrogens with zero attached hydrogens (tertiary/aromatic N) is 6. The third-order valence-electron chi connectivity index (χ3n) is 5.50. The lowest BCUT2D eigenvalue weighted by molar-refractivity contribution is 0.0634. The predicted octanol–water partition coefficient (Wildman–Crippen LogP) is 1.17. The number of piperidine rings is 1. The summed E-state index contributed by atoms with van der Waals surface area (Å²) in [4.78, 5) is 36.1. The lowest BCUT2D eigenvalue weighted by Gasteiger charge is -2.33. The highest BCUT2D eigenvalue weighted by atomic mass is 32.1. The molecule has 0 radical (unpaired) electrons. The number of hydrogen-bond acceptors (Lipinski definition) is 7. The van der Waals surface area contributed by atoms with Crippen LogP contribution < -0.4 is 10.5 Å². The molecule has 2 aromatic rings. The summed E-state index contributed by atoms with van der Waals surface area (Å²) in [7, 11) is 0. The molecule has 2 aliphatic heterocycles. The number of carbonyl (C=O) groups excluding carboxylic acids is 1. The smallest absolute Gasteiger partial charge is 0.274 e. The summed E-state index contributed by atoms with van der Waals surface area (Å²) in [5.41, 5.74) is -0.0599. The lowest BCUT2D eigenvalue weighted by Crippen LogP contribution is -2.49. The summed E-state index contributed by atoms with van der Waals surface area (Å²) in [6.45, 7) is 10.3. The van der Waals surface area contributed by atoms with Crippen molar-refractivity contribution in [2.24, 2.45) is 5.92 Å². The molecule has 2 aromatic heterocycles. The Hall–Kier alpha value is -2.00. The van der Waals surface area contributed by atoms with Gasteiger partial charge in [0.25, 0.3) is 11.5 Å². The normalized spacial score (nSPS) is 21.8. The number of anilines is 1. The number of hydrogen-bond donors (Lipinski definition) is 0. The summed E-state index contributed by atoms with van der Waals surface area (Å²) < 4.78 is 1.56. The van der Waals surface area contributed by atoms with Crippen molar-refractivity contribution in [3.8, 4) is 0 Å². The summed E-state index contributed by atoms with van der Waals surface area (Å²) in [6, 6.07) is 1.32. The van der Waals surface area contributed by atoms with Crippen molar-refractivity contribution in [2.75, 3.05) is 50.7 Å². The van der Waals surface area contributed by atoms with Gasteiger partial charge in [-0.3, -0.25) is 9.59 Å². The van der Waals surface area contributed by atoms with E-state index in [9.17, 15) is 9.59 Å². The zero-order valence-electron chi connectivity index (χ0n) is 15.9. The van der Waals surface area contributed by atoms with Crippen LogP contribution in [0, 0.1) is 5.92 Å². The Morgan fingerprint density at radius 3 is 2.74 bits per heavy atom. The molecule has 8 nitrogen and oxygen atoms in total. The summed E-state index contributed by atoms with van der Waals surface area (Å²) >= 11 is 1.39. The molecule has 0 saturated carbocycles. The maximum atomic E-state index is 13.1. The highest BCUT2D eigenvalue weighted by Crippen LogP contribution is 2.27. The van der Waals surface area contributed by atoms with E-state index >= 15 is 0 Å². The van der Waals surface area contributed by atoms with Gasteiger partial charge in [-0.1, -0.05) is 25.2 Å². The Kier molecular flexibility index (Phi) is 5.14. The van der Waals surface area contributed by atoms with E-state index in [2.05, 4.69) is 33.7 Å². The maximum absolute atomic E-state index is 13.1. The SMILES string of the molecule is CCN1CCN(C(=O)c2cc(=O)nc3sc(N4CCC[C@H](C)C4)nn23)CC1.